The van der Waals surface area contributed by atoms with E-state index < -0.39 is 77.3 Å². The van der Waals surface area contributed by atoms with Gasteiger partial charge in [0.1, 0.15) is 40.0 Å². The van der Waals surface area contributed by atoms with Crippen LogP contribution in [0.1, 0.15) is 83.8 Å². The highest BCUT2D eigenvalue weighted by atomic mass is 16.7. The number of aliphatic hydroxyl groups is 2. The van der Waals surface area contributed by atoms with Crippen molar-refractivity contribution in [3.8, 4) is 17.2 Å². The SMILES string of the molecule is CO[C@H]1/C=C/O[C@@H](C)Oc2c(C)c(O)c3c(O)c(c4c(nc5cc(C)ccn54)c3c2C=O)NC(=O)/C(C)=C\C=C\C(C)(C)[C@H](C)[C@H](O)[C@@H](C)[C@@H](O)[C@@H](C)[C@H](OC(C)=O)[C@@H]1C. The van der Waals surface area contributed by atoms with Crippen molar-refractivity contribution in [3.63, 3.8) is 0 Å². The number of phenolic OH excluding ortho intramolecular Hbond substituents is 2. The number of allylic oxidation sites excluding steroid dienone is 3. The van der Waals surface area contributed by atoms with E-state index in [0.717, 1.165) is 5.56 Å². The van der Waals surface area contributed by atoms with Gasteiger partial charge in [-0.25, -0.2) is 4.98 Å². The number of nitrogens with zero attached hydrogens (tertiary/aromatic N) is 2. The molecule has 2 aliphatic rings. The molecule has 2 aromatic heterocycles. The molecule has 0 spiro atoms. The van der Waals surface area contributed by atoms with Gasteiger partial charge in [0, 0.05) is 61.4 Å². The number of benzene rings is 2. The molecule has 14 nitrogen and oxygen atoms in total. The first kappa shape index (κ1) is 45.6. The van der Waals surface area contributed by atoms with Crippen molar-refractivity contribution < 1.29 is 53.8 Å². The number of carbonyl (C=O) groups excluding carboxylic acids is 3. The summed E-state index contributed by atoms with van der Waals surface area (Å²) in [6.45, 7) is 19.0. The highest BCUT2D eigenvalue weighted by molar-refractivity contribution is 6.24. The number of hydrogen-bond acceptors (Lipinski definition) is 12. The van der Waals surface area contributed by atoms with Crippen molar-refractivity contribution in [2.24, 2.45) is 29.1 Å². The first-order valence-corrected chi connectivity index (χ1v) is 20.2. The van der Waals surface area contributed by atoms with Crippen molar-refractivity contribution in [2.45, 2.75) is 107 Å². The van der Waals surface area contributed by atoms with Gasteiger partial charge < -0.3 is 44.7 Å². The Morgan fingerprint density at radius 1 is 1.00 bits per heavy atom. The molecule has 2 aliphatic heterocycles. The van der Waals surface area contributed by atoms with Crippen LogP contribution in [0.25, 0.3) is 27.5 Å². The monoisotopic (exact) mass is 829 g/mol. The number of nitrogens with one attached hydrogen (secondary N) is 1. The van der Waals surface area contributed by atoms with E-state index in [1.54, 1.807) is 56.5 Å². The minimum Gasteiger partial charge on any atom is -0.507 e. The Labute approximate surface area is 350 Å². The fourth-order valence-electron chi connectivity index (χ4n) is 8.14. The van der Waals surface area contributed by atoms with Gasteiger partial charge in [-0.1, -0.05) is 59.8 Å². The summed E-state index contributed by atoms with van der Waals surface area (Å²) in [4.78, 5) is 44.2. The number of aromatic hydroxyl groups is 2. The normalized spacial score (nSPS) is 29.1. The summed E-state index contributed by atoms with van der Waals surface area (Å²) in [6, 6.07) is 3.64. The zero-order chi connectivity index (χ0) is 44.5. The number of aliphatic hydroxyl groups excluding tert-OH is 2. The van der Waals surface area contributed by atoms with Gasteiger partial charge in [0.15, 0.2) is 12.0 Å². The Morgan fingerprint density at radius 2 is 1.68 bits per heavy atom. The number of aromatic nitrogens is 2. The van der Waals surface area contributed by atoms with E-state index in [4.69, 9.17) is 23.9 Å². The molecule has 0 unspecified atom stereocenters. The Morgan fingerprint density at radius 3 is 2.32 bits per heavy atom. The molecule has 2 aromatic carbocycles. The second kappa shape index (κ2) is 18.0. The molecule has 0 fully saturated rings. The maximum Gasteiger partial charge on any atom is 0.302 e. The van der Waals surface area contributed by atoms with Gasteiger partial charge in [-0.15, -0.1) is 0 Å². The van der Waals surface area contributed by atoms with E-state index in [0.29, 0.717) is 11.9 Å². The first-order chi connectivity index (χ1) is 28.2. The van der Waals surface area contributed by atoms with E-state index in [9.17, 15) is 34.8 Å². The van der Waals surface area contributed by atoms with Crippen molar-refractivity contribution in [2.75, 3.05) is 12.4 Å². The molecule has 0 radical (unpaired) electrons. The highest BCUT2D eigenvalue weighted by Gasteiger charge is 2.41. The van der Waals surface area contributed by atoms with Crippen LogP contribution in [-0.4, -0.2) is 85.8 Å². The van der Waals surface area contributed by atoms with Crippen molar-refractivity contribution in [3.05, 3.63) is 71.2 Å². The van der Waals surface area contributed by atoms with Crippen LogP contribution in [-0.2, 0) is 23.8 Å². The average molecular weight is 830 g/mol. The Bertz CT molecular complexity index is 2380. The lowest BCUT2D eigenvalue weighted by Gasteiger charge is -2.40. The second-order valence-corrected chi connectivity index (χ2v) is 16.8. The molecule has 4 bridgehead atoms. The molecule has 4 heterocycles. The van der Waals surface area contributed by atoms with E-state index in [1.807, 2.05) is 52.8 Å². The summed E-state index contributed by atoms with van der Waals surface area (Å²) in [6.07, 6.45) is 5.80. The van der Waals surface area contributed by atoms with Crippen molar-refractivity contribution >= 4 is 51.3 Å². The molecule has 1 amide bonds. The van der Waals surface area contributed by atoms with Gasteiger partial charge in [-0.2, -0.15) is 0 Å². The van der Waals surface area contributed by atoms with Crippen LogP contribution in [0.2, 0.25) is 0 Å². The van der Waals surface area contributed by atoms with Crippen molar-refractivity contribution in [1.29, 1.82) is 0 Å². The predicted molar refractivity (Wildman–Crippen MR) is 229 cm³/mol. The molecule has 5 N–H and O–H groups in total. The predicted octanol–water partition coefficient (Wildman–Crippen LogP) is 7.43. The number of amides is 1. The van der Waals surface area contributed by atoms with Crippen LogP contribution in [0.15, 0.2) is 54.5 Å². The lowest BCUT2D eigenvalue weighted by Crippen LogP contribution is -2.47. The number of pyridine rings is 1. The Balaban J connectivity index is 1.73. The van der Waals surface area contributed by atoms with E-state index >= 15 is 0 Å². The Hall–Kier alpha value is -5.44. The van der Waals surface area contributed by atoms with E-state index in [-0.39, 0.29) is 55.9 Å². The van der Waals surface area contributed by atoms with Gasteiger partial charge in [0.2, 0.25) is 6.29 Å². The molecule has 0 saturated heterocycles. The first-order valence-electron chi connectivity index (χ1n) is 20.2. The number of methoxy groups -OCH3 is 1. The van der Waals surface area contributed by atoms with Gasteiger partial charge >= 0.3 is 5.97 Å². The molecule has 60 heavy (non-hydrogen) atoms. The summed E-state index contributed by atoms with van der Waals surface area (Å²) in [5, 5.41) is 49.9. The van der Waals surface area contributed by atoms with Gasteiger partial charge in [0.25, 0.3) is 5.91 Å². The van der Waals surface area contributed by atoms with Gasteiger partial charge in [-0.3, -0.25) is 18.8 Å². The highest BCUT2D eigenvalue weighted by Crippen LogP contribution is 2.50. The molecule has 0 aliphatic carbocycles. The third-order valence-corrected chi connectivity index (χ3v) is 12.3. The smallest absolute Gasteiger partial charge is 0.302 e. The van der Waals surface area contributed by atoms with Crippen LogP contribution in [0.3, 0.4) is 0 Å². The molecule has 9 atom stereocenters. The number of phenols is 2. The van der Waals surface area contributed by atoms with Crippen LogP contribution in [0.5, 0.6) is 17.2 Å². The fourth-order valence-corrected chi connectivity index (χ4v) is 8.14. The van der Waals surface area contributed by atoms with E-state index in [2.05, 4.69) is 5.32 Å². The number of aryl methyl sites for hydroxylation is 1. The molecule has 6 rings (SSSR count). The maximum absolute atomic E-state index is 13.9. The second-order valence-electron chi connectivity index (χ2n) is 16.8. The molecule has 14 heteroatoms. The third kappa shape index (κ3) is 8.72. The zero-order valence-corrected chi connectivity index (χ0v) is 36.4. The topological polar surface area (TPSA) is 198 Å². The average Bonchev–Trinajstić information content (AvgIpc) is 3.57. The molecule has 0 saturated carbocycles. The van der Waals surface area contributed by atoms with Gasteiger partial charge in [0.05, 0.1) is 35.5 Å². The van der Waals surface area contributed by atoms with Crippen LogP contribution < -0.4 is 10.1 Å². The van der Waals surface area contributed by atoms with Gasteiger partial charge in [-0.05, 0) is 55.9 Å². The van der Waals surface area contributed by atoms with E-state index in [1.165, 1.54) is 27.2 Å². The van der Waals surface area contributed by atoms with Crippen molar-refractivity contribution in [1.82, 2.24) is 9.38 Å². The summed E-state index contributed by atoms with van der Waals surface area (Å²) >= 11 is 0. The van der Waals surface area contributed by atoms with Crippen LogP contribution >= 0.6 is 0 Å². The lowest BCUT2D eigenvalue weighted by molar-refractivity contribution is -0.161. The summed E-state index contributed by atoms with van der Waals surface area (Å²) in [7, 11) is 1.49. The largest absolute Gasteiger partial charge is 0.507 e. The number of aldehydes is 1. The number of ether oxygens (including phenoxy) is 4. The minimum atomic E-state index is -1.10. The number of anilines is 1. The summed E-state index contributed by atoms with van der Waals surface area (Å²) in [5.74, 6) is -4.20. The third-order valence-electron chi connectivity index (χ3n) is 12.3. The zero-order valence-electron chi connectivity index (χ0n) is 36.4. The number of imidazole rings is 1. The number of esters is 1. The van der Waals surface area contributed by atoms with Crippen LogP contribution in [0.4, 0.5) is 5.69 Å². The van der Waals surface area contributed by atoms with Crippen LogP contribution in [0, 0.1) is 42.9 Å². The molecule has 4 aromatic rings. The maximum atomic E-state index is 13.9. The quantitative estimate of drug-likeness (QED) is 0.0779. The molecular formula is C46H59N3O11. The lowest BCUT2D eigenvalue weighted by atomic mass is 9.71. The molecular weight excluding hydrogens is 771 g/mol. The number of hydrogen-bond donors (Lipinski definition) is 5. The standard InChI is InChI=1S/C46H59N3O11/c1-22-15-18-49-33(20-22)47-36-34-31(21-50)44-27(6)41(54)35(34)42(55)37(38(36)49)48-45(56)23(2)14-13-17-46(10,11)28(7)40(53)25(4)39(52)26(5)43(59-29(8)51)24(3)32(57-12)16-19-58-30(9)60-44/h13-21,24-26,28,30,32,39-40,43,52-55H,1-12H3,(H,48,56)/b17-13+,19-16+,23-14-/t24-,25+,26-,28-,30-,32+,39-,40-,43-/m1/s1. The fraction of sp³-hybridized carbons (Fsp3) is 0.478. The minimum absolute atomic E-state index is 0.0166. The number of carbonyl (C=O) groups is 3. The summed E-state index contributed by atoms with van der Waals surface area (Å²) in [5.41, 5.74) is 1.55. The summed E-state index contributed by atoms with van der Waals surface area (Å²) < 4.78 is 25.4. The number of rotatable bonds is 3. The number of fused-ring (bicyclic) bond motifs is 18. The Kier molecular flexibility index (Phi) is 13.7. The molecule has 324 valence electrons.